The minimum atomic E-state index is -2.82. The van der Waals surface area contributed by atoms with E-state index in [1.165, 1.54) is 10.8 Å². The molecule has 0 aliphatic carbocycles. The second kappa shape index (κ2) is 6.11. The lowest BCUT2D eigenvalue weighted by Crippen LogP contribution is -2.31. The van der Waals surface area contributed by atoms with Gasteiger partial charge in [0.25, 0.3) is 17.7 Å². The van der Waals surface area contributed by atoms with Crippen molar-refractivity contribution in [3.8, 4) is 11.3 Å². The van der Waals surface area contributed by atoms with Gasteiger partial charge in [0.05, 0.1) is 17.8 Å². The largest absolute Gasteiger partial charge is 0.365 e. The molecular formula is C18H15F2N5O2. The van der Waals surface area contributed by atoms with E-state index in [9.17, 15) is 18.4 Å². The molecule has 1 aliphatic rings. The molecule has 2 amide bonds. The highest BCUT2D eigenvalue weighted by molar-refractivity contribution is 5.99. The number of hydrogen-bond donors (Lipinski definition) is 1. The zero-order valence-electron chi connectivity index (χ0n) is 14.1. The molecule has 2 aromatic heterocycles. The van der Waals surface area contributed by atoms with Gasteiger partial charge in [-0.25, -0.2) is 18.3 Å². The van der Waals surface area contributed by atoms with Crippen molar-refractivity contribution in [1.29, 1.82) is 0 Å². The van der Waals surface area contributed by atoms with E-state index in [0.717, 1.165) is 10.5 Å². The zero-order valence-corrected chi connectivity index (χ0v) is 14.1. The Morgan fingerprint density at radius 1 is 1.11 bits per heavy atom. The van der Waals surface area contributed by atoms with Gasteiger partial charge in [-0.3, -0.25) is 9.59 Å². The number of fused-ring (bicyclic) bond motifs is 1. The molecule has 9 heteroatoms. The molecule has 0 atom stereocenters. The van der Waals surface area contributed by atoms with Crippen molar-refractivity contribution < 1.29 is 18.4 Å². The highest BCUT2D eigenvalue weighted by atomic mass is 19.3. The van der Waals surface area contributed by atoms with Crippen molar-refractivity contribution in [2.45, 2.75) is 12.3 Å². The number of aromatic nitrogens is 3. The van der Waals surface area contributed by atoms with Crippen molar-refractivity contribution in [2.75, 3.05) is 13.1 Å². The van der Waals surface area contributed by atoms with E-state index < -0.39 is 24.3 Å². The Labute approximate surface area is 152 Å². The van der Waals surface area contributed by atoms with Crippen molar-refractivity contribution >= 4 is 17.5 Å². The number of alkyl halides is 2. The third kappa shape index (κ3) is 3.01. The third-order valence-corrected chi connectivity index (χ3v) is 4.57. The second-order valence-corrected chi connectivity index (χ2v) is 6.40. The van der Waals surface area contributed by atoms with E-state index in [1.807, 2.05) is 0 Å². The first kappa shape index (κ1) is 17.1. The van der Waals surface area contributed by atoms with Gasteiger partial charge >= 0.3 is 0 Å². The highest BCUT2D eigenvalue weighted by Crippen LogP contribution is 2.28. The number of nitrogens with zero attached hydrogens (tertiary/aromatic N) is 4. The minimum absolute atomic E-state index is 0.0434. The minimum Gasteiger partial charge on any atom is -0.365 e. The average Bonchev–Trinajstić information content (AvgIpc) is 3.26. The van der Waals surface area contributed by atoms with Gasteiger partial charge in [-0.15, -0.1) is 0 Å². The molecule has 2 N–H and O–H groups in total. The number of carbonyl (C=O) groups excluding carboxylic acids is 2. The van der Waals surface area contributed by atoms with E-state index in [1.54, 1.807) is 36.4 Å². The summed E-state index contributed by atoms with van der Waals surface area (Å²) < 4.78 is 28.1. The number of benzene rings is 1. The number of hydrogen-bond acceptors (Lipinski definition) is 4. The average molecular weight is 371 g/mol. The fourth-order valence-corrected chi connectivity index (χ4v) is 3.20. The molecule has 3 aromatic rings. The van der Waals surface area contributed by atoms with Gasteiger partial charge in [-0.05, 0) is 24.3 Å². The summed E-state index contributed by atoms with van der Waals surface area (Å²) in [6.07, 6.45) is 1.00. The summed E-state index contributed by atoms with van der Waals surface area (Å²) in [4.78, 5) is 29.1. The molecule has 1 aromatic carbocycles. The number of nitrogens with two attached hydrogens (primary N) is 1. The molecule has 0 spiro atoms. The first-order valence-electron chi connectivity index (χ1n) is 8.26. The van der Waals surface area contributed by atoms with Crippen molar-refractivity contribution in [1.82, 2.24) is 19.5 Å². The number of rotatable bonds is 3. The maximum absolute atomic E-state index is 13.3. The van der Waals surface area contributed by atoms with Crippen LogP contribution in [0.4, 0.5) is 8.78 Å². The summed E-state index contributed by atoms with van der Waals surface area (Å²) in [6.45, 7) is -0.510. The predicted octanol–water partition coefficient (Wildman–Crippen LogP) is 1.98. The summed E-state index contributed by atoms with van der Waals surface area (Å²) in [5.41, 5.74) is 7.64. The molecule has 138 valence electrons. The van der Waals surface area contributed by atoms with Crippen LogP contribution in [0.25, 0.3) is 16.9 Å². The van der Waals surface area contributed by atoms with Crippen LogP contribution in [0.2, 0.25) is 0 Å². The van der Waals surface area contributed by atoms with Crippen LogP contribution in [-0.4, -0.2) is 50.3 Å². The topological polar surface area (TPSA) is 93.6 Å². The summed E-state index contributed by atoms with van der Waals surface area (Å²) in [5.74, 6) is -3.85. The number of likely N-dealkylation sites (tertiary alicyclic amines) is 1. The van der Waals surface area contributed by atoms with Gasteiger partial charge in [-0.2, -0.15) is 5.10 Å². The maximum Gasteiger partial charge on any atom is 0.267 e. The Hall–Kier alpha value is -3.36. The third-order valence-electron chi connectivity index (χ3n) is 4.57. The SMILES string of the molecule is NC(=O)c1ccc(-c2ccc(C(=O)N3CCC(F)(F)C3)cc2)n2ncnc12. The quantitative estimate of drug-likeness (QED) is 0.762. The van der Waals surface area contributed by atoms with E-state index in [0.29, 0.717) is 16.9 Å². The van der Waals surface area contributed by atoms with Crippen LogP contribution in [-0.2, 0) is 0 Å². The van der Waals surface area contributed by atoms with Gasteiger partial charge in [0.2, 0.25) is 0 Å². The molecule has 1 fully saturated rings. The van der Waals surface area contributed by atoms with Gasteiger partial charge in [0.15, 0.2) is 5.65 Å². The zero-order chi connectivity index (χ0) is 19.2. The number of carbonyl (C=O) groups is 2. The standard InChI is InChI=1S/C18H15F2N5O2/c19-18(20)7-8-24(9-18)17(27)12-3-1-11(2-4-12)14-6-5-13(15(21)26)16-22-10-23-25(14)16/h1-6,10H,7-9H2,(H2,21,26). The van der Waals surface area contributed by atoms with Crippen LogP contribution in [0, 0.1) is 0 Å². The summed E-state index contributed by atoms with van der Waals surface area (Å²) >= 11 is 0. The maximum atomic E-state index is 13.3. The summed E-state index contributed by atoms with van der Waals surface area (Å²) in [6, 6.07) is 9.80. The Bertz CT molecular complexity index is 1050. The first-order valence-corrected chi connectivity index (χ1v) is 8.26. The van der Waals surface area contributed by atoms with E-state index >= 15 is 0 Å². The van der Waals surface area contributed by atoms with Gasteiger partial charge in [-0.1, -0.05) is 12.1 Å². The second-order valence-electron chi connectivity index (χ2n) is 6.40. The Morgan fingerprint density at radius 2 is 1.85 bits per heavy atom. The van der Waals surface area contributed by atoms with E-state index in [4.69, 9.17) is 5.73 Å². The molecule has 1 saturated heterocycles. The Kier molecular flexibility index (Phi) is 3.87. The van der Waals surface area contributed by atoms with Crippen LogP contribution < -0.4 is 5.73 Å². The van der Waals surface area contributed by atoms with Gasteiger partial charge in [0, 0.05) is 24.1 Å². The Morgan fingerprint density at radius 3 is 2.48 bits per heavy atom. The smallest absolute Gasteiger partial charge is 0.267 e. The molecule has 0 saturated carbocycles. The van der Waals surface area contributed by atoms with Crippen LogP contribution in [0.5, 0.6) is 0 Å². The first-order chi connectivity index (χ1) is 12.9. The number of amides is 2. The normalized spacial score (nSPS) is 16.0. The molecule has 7 nitrogen and oxygen atoms in total. The number of halogens is 2. The van der Waals surface area contributed by atoms with E-state index in [2.05, 4.69) is 10.1 Å². The van der Waals surface area contributed by atoms with Crippen LogP contribution in [0.15, 0.2) is 42.7 Å². The van der Waals surface area contributed by atoms with Crippen LogP contribution in [0.1, 0.15) is 27.1 Å². The molecule has 4 rings (SSSR count). The van der Waals surface area contributed by atoms with Crippen molar-refractivity contribution in [2.24, 2.45) is 5.73 Å². The van der Waals surface area contributed by atoms with Crippen molar-refractivity contribution in [3.63, 3.8) is 0 Å². The highest BCUT2D eigenvalue weighted by Gasteiger charge is 2.40. The lowest BCUT2D eigenvalue weighted by atomic mass is 10.1. The molecular weight excluding hydrogens is 356 g/mol. The predicted molar refractivity (Wildman–Crippen MR) is 92.4 cm³/mol. The summed E-state index contributed by atoms with van der Waals surface area (Å²) in [7, 11) is 0. The Balaban J connectivity index is 1.64. The van der Waals surface area contributed by atoms with Gasteiger partial charge < -0.3 is 10.6 Å². The molecule has 27 heavy (non-hydrogen) atoms. The van der Waals surface area contributed by atoms with Crippen molar-refractivity contribution in [3.05, 3.63) is 53.9 Å². The van der Waals surface area contributed by atoms with Crippen LogP contribution >= 0.6 is 0 Å². The molecule has 0 radical (unpaired) electrons. The molecule has 1 aliphatic heterocycles. The molecule has 0 bridgehead atoms. The fraction of sp³-hybridized carbons (Fsp3) is 0.222. The number of primary amides is 1. The van der Waals surface area contributed by atoms with Crippen LogP contribution in [0.3, 0.4) is 0 Å². The van der Waals surface area contributed by atoms with Gasteiger partial charge in [0.1, 0.15) is 6.33 Å². The lowest BCUT2D eigenvalue weighted by molar-refractivity contribution is 0.0120. The lowest BCUT2D eigenvalue weighted by Gasteiger charge is -2.16. The molecule has 0 unspecified atom stereocenters. The van der Waals surface area contributed by atoms with E-state index in [-0.39, 0.29) is 18.5 Å². The number of pyridine rings is 1. The monoisotopic (exact) mass is 371 g/mol. The molecule has 3 heterocycles. The summed E-state index contributed by atoms with van der Waals surface area (Å²) in [5, 5.41) is 4.11. The fourth-order valence-electron chi connectivity index (χ4n) is 3.20.